The van der Waals surface area contributed by atoms with Gasteiger partial charge in [-0.3, -0.25) is 4.99 Å². The highest BCUT2D eigenvalue weighted by molar-refractivity contribution is 5.80. The van der Waals surface area contributed by atoms with Gasteiger partial charge >= 0.3 is 0 Å². The fourth-order valence-corrected chi connectivity index (χ4v) is 3.95. The van der Waals surface area contributed by atoms with Crippen molar-refractivity contribution in [3.8, 4) is 0 Å². The highest BCUT2D eigenvalue weighted by Crippen LogP contribution is 2.37. The summed E-state index contributed by atoms with van der Waals surface area (Å²) < 4.78 is 0. The van der Waals surface area contributed by atoms with Gasteiger partial charge in [0.2, 0.25) is 0 Å². The number of rotatable bonds is 6. The number of guanidine groups is 1. The van der Waals surface area contributed by atoms with E-state index in [1.54, 1.807) is 0 Å². The van der Waals surface area contributed by atoms with E-state index in [4.69, 9.17) is 4.99 Å². The van der Waals surface area contributed by atoms with E-state index in [0.29, 0.717) is 11.5 Å². The summed E-state index contributed by atoms with van der Waals surface area (Å²) in [4.78, 5) is 7.51. The maximum atomic E-state index is 4.91. The molecule has 23 heavy (non-hydrogen) atoms. The quantitative estimate of drug-likeness (QED) is 0.582. The molecular weight excluding hydrogens is 284 g/mol. The molecule has 0 atom stereocenters. The standard InChI is InChI=1S/C19H38N4/c1-5-20-18(21-15-19(4)10-6-7-11-19)22-17-8-12-23(13-9-17)14-16(2)3/h16-17H,5-15H2,1-4H3,(H2,20,21,22). The van der Waals surface area contributed by atoms with E-state index >= 15 is 0 Å². The van der Waals surface area contributed by atoms with E-state index in [2.05, 4.69) is 43.2 Å². The van der Waals surface area contributed by atoms with Gasteiger partial charge in [-0.1, -0.05) is 33.6 Å². The largest absolute Gasteiger partial charge is 0.357 e. The van der Waals surface area contributed by atoms with Gasteiger partial charge < -0.3 is 15.5 Å². The van der Waals surface area contributed by atoms with Crippen LogP contribution < -0.4 is 10.6 Å². The molecule has 0 aromatic heterocycles. The van der Waals surface area contributed by atoms with Gasteiger partial charge in [0.15, 0.2) is 5.96 Å². The molecule has 1 aliphatic heterocycles. The summed E-state index contributed by atoms with van der Waals surface area (Å²) in [5.41, 5.74) is 0.434. The van der Waals surface area contributed by atoms with E-state index < -0.39 is 0 Å². The molecular formula is C19H38N4. The van der Waals surface area contributed by atoms with Gasteiger partial charge in [-0.25, -0.2) is 0 Å². The zero-order chi connectivity index (χ0) is 16.7. The Morgan fingerprint density at radius 3 is 2.43 bits per heavy atom. The number of nitrogens with zero attached hydrogens (tertiary/aromatic N) is 2. The second kappa shape index (κ2) is 8.91. The van der Waals surface area contributed by atoms with Crippen LogP contribution >= 0.6 is 0 Å². The summed E-state index contributed by atoms with van der Waals surface area (Å²) in [6.45, 7) is 14.7. The van der Waals surface area contributed by atoms with Gasteiger partial charge in [0.05, 0.1) is 0 Å². The first kappa shape index (κ1) is 18.6. The smallest absolute Gasteiger partial charge is 0.191 e. The monoisotopic (exact) mass is 322 g/mol. The predicted octanol–water partition coefficient (Wildman–Crippen LogP) is 3.24. The number of hydrogen-bond acceptors (Lipinski definition) is 2. The van der Waals surface area contributed by atoms with Crippen LogP contribution in [0.15, 0.2) is 4.99 Å². The van der Waals surface area contributed by atoms with Crippen molar-refractivity contribution in [2.45, 2.75) is 72.3 Å². The first-order chi connectivity index (χ1) is 11.0. The van der Waals surface area contributed by atoms with Crippen molar-refractivity contribution >= 4 is 5.96 Å². The molecule has 0 amide bonds. The van der Waals surface area contributed by atoms with Gasteiger partial charge in [-0.2, -0.15) is 0 Å². The third-order valence-corrected chi connectivity index (χ3v) is 5.33. The average molecular weight is 323 g/mol. The van der Waals surface area contributed by atoms with Crippen LogP contribution in [0.5, 0.6) is 0 Å². The topological polar surface area (TPSA) is 39.7 Å². The SMILES string of the molecule is CCNC(=NCC1(C)CCCC1)NC1CCN(CC(C)C)CC1. The molecule has 1 saturated heterocycles. The lowest BCUT2D eigenvalue weighted by molar-refractivity contribution is 0.186. The molecule has 0 unspecified atom stereocenters. The fourth-order valence-electron chi connectivity index (χ4n) is 3.95. The lowest BCUT2D eigenvalue weighted by Gasteiger charge is -2.34. The van der Waals surface area contributed by atoms with Crippen molar-refractivity contribution in [2.24, 2.45) is 16.3 Å². The summed E-state index contributed by atoms with van der Waals surface area (Å²) in [7, 11) is 0. The molecule has 134 valence electrons. The summed E-state index contributed by atoms with van der Waals surface area (Å²) in [6.07, 6.45) is 7.89. The van der Waals surface area contributed by atoms with Crippen molar-refractivity contribution in [3.05, 3.63) is 0 Å². The summed E-state index contributed by atoms with van der Waals surface area (Å²) in [5.74, 6) is 1.80. The highest BCUT2D eigenvalue weighted by Gasteiger charge is 2.28. The molecule has 2 fully saturated rings. The molecule has 1 saturated carbocycles. The second-order valence-corrected chi connectivity index (χ2v) is 8.33. The van der Waals surface area contributed by atoms with Crippen LogP contribution in [0, 0.1) is 11.3 Å². The summed E-state index contributed by atoms with van der Waals surface area (Å²) in [5, 5.41) is 7.12. The van der Waals surface area contributed by atoms with Crippen LogP contribution in [-0.4, -0.2) is 49.6 Å². The van der Waals surface area contributed by atoms with E-state index in [0.717, 1.165) is 25.0 Å². The Morgan fingerprint density at radius 2 is 1.87 bits per heavy atom. The number of nitrogens with one attached hydrogen (secondary N) is 2. The van der Waals surface area contributed by atoms with Gasteiger partial charge in [0.25, 0.3) is 0 Å². The van der Waals surface area contributed by atoms with Crippen LogP contribution in [0.1, 0.15) is 66.2 Å². The Hall–Kier alpha value is -0.770. The number of piperidine rings is 1. The fraction of sp³-hybridized carbons (Fsp3) is 0.947. The minimum Gasteiger partial charge on any atom is -0.357 e. The average Bonchev–Trinajstić information content (AvgIpc) is 2.94. The zero-order valence-corrected chi connectivity index (χ0v) is 15.8. The number of aliphatic imine (C=N–C) groups is 1. The molecule has 2 N–H and O–H groups in total. The third-order valence-electron chi connectivity index (χ3n) is 5.33. The minimum atomic E-state index is 0.434. The van der Waals surface area contributed by atoms with Crippen LogP contribution in [0.2, 0.25) is 0 Å². The molecule has 1 heterocycles. The van der Waals surface area contributed by atoms with E-state index in [-0.39, 0.29) is 0 Å². The molecule has 1 aliphatic carbocycles. The Balaban J connectivity index is 1.80. The molecule has 2 aliphatic rings. The molecule has 0 bridgehead atoms. The van der Waals surface area contributed by atoms with Gasteiger partial charge in [-0.05, 0) is 43.9 Å². The van der Waals surface area contributed by atoms with E-state index in [1.165, 1.54) is 58.2 Å². The van der Waals surface area contributed by atoms with Gasteiger partial charge in [-0.15, -0.1) is 0 Å². The van der Waals surface area contributed by atoms with Crippen LogP contribution in [-0.2, 0) is 0 Å². The lowest BCUT2D eigenvalue weighted by atomic mass is 9.89. The normalized spacial score (nSPS) is 23.4. The second-order valence-electron chi connectivity index (χ2n) is 8.33. The first-order valence-corrected chi connectivity index (χ1v) is 9.78. The van der Waals surface area contributed by atoms with Gasteiger partial charge in [0.1, 0.15) is 0 Å². The Morgan fingerprint density at radius 1 is 1.22 bits per heavy atom. The Kier molecular flexibility index (Phi) is 7.19. The van der Waals surface area contributed by atoms with E-state index in [9.17, 15) is 0 Å². The van der Waals surface area contributed by atoms with Crippen molar-refractivity contribution in [1.29, 1.82) is 0 Å². The highest BCUT2D eigenvalue weighted by atomic mass is 15.2. The predicted molar refractivity (Wildman–Crippen MR) is 100.0 cm³/mol. The van der Waals surface area contributed by atoms with Crippen molar-refractivity contribution in [2.75, 3.05) is 32.7 Å². The van der Waals surface area contributed by atoms with Crippen LogP contribution in [0.4, 0.5) is 0 Å². The molecule has 0 spiro atoms. The lowest BCUT2D eigenvalue weighted by Crippen LogP contribution is -2.49. The third kappa shape index (κ3) is 6.33. The maximum Gasteiger partial charge on any atom is 0.191 e. The first-order valence-electron chi connectivity index (χ1n) is 9.78. The molecule has 0 radical (unpaired) electrons. The Labute approximate surface area is 143 Å². The zero-order valence-electron chi connectivity index (χ0n) is 15.8. The molecule has 4 heteroatoms. The van der Waals surface area contributed by atoms with E-state index in [1.807, 2.05) is 0 Å². The number of hydrogen-bond donors (Lipinski definition) is 2. The van der Waals surface area contributed by atoms with Crippen LogP contribution in [0.3, 0.4) is 0 Å². The van der Waals surface area contributed by atoms with Gasteiger partial charge in [0, 0.05) is 38.8 Å². The molecule has 4 nitrogen and oxygen atoms in total. The summed E-state index contributed by atoms with van der Waals surface area (Å²) >= 11 is 0. The molecule has 0 aromatic rings. The molecule has 0 aromatic carbocycles. The van der Waals surface area contributed by atoms with Crippen molar-refractivity contribution in [3.63, 3.8) is 0 Å². The minimum absolute atomic E-state index is 0.434. The maximum absolute atomic E-state index is 4.91. The molecule has 2 rings (SSSR count). The van der Waals surface area contributed by atoms with Crippen LogP contribution in [0.25, 0.3) is 0 Å². The summed E-state index contributed by atoms with van der Waals surface area (Å²) in [6, 6.07) is 0.576. The van der Waals surface area contributed by atoms with Crippen molar-refractivity contribution in [1.82, 2.24) is 15.5 Å². The Bertz CT molecular complexity index is 364. The van der Waals surface area contributed by atoms with Crippen molar-refractivity contribution < 1.29 is 0 Å². The number of likely N-dealkylation sites (tertiary alicyclic amines) is 1.